The summed E-state index contributed by atoms with van der Waals surface area (Å²) in [5, 5.41) is 0. The average molecular weight is 238 g/mol. The van der Waals surface area contributed by atoms with Gasteiger partial charge in [0.2, 0.25) is 0 Å². The molecule has 0 bridgehead atoms. The molecule has 4 unspecified atom stereocenters. The normalized spacial score (nSPS) is 39.7. The number of nitrogens with zero attached hydrogens (tertiary/aromatic N) is 1. The summed E-state index contributed by atoms with van der Waals surface area (Å²) in [5.74, 6) is 1.89. The van der Waals surface area contributed by atoms with Crippen molar-refractivity contribution in [1.29, 1.82) is 0 Å². The molecule has 1 aliphatic carbocycles. The van der Waals surface area contributed by atoms with Crippen molar-refractivity contribution in [3.05, 3.63) is 0 Å². The molecule has 100 valence electrons. The van der Waals surface area contributed by atoms with Gasteiger partial charge < -0.3 is 5.73 Å². The van der Waals surface area contributed by atoms with Crippen molar-refractivity contribution in [3.63, 3.8) is 0 Å². The molecule has 0 radical (unpaired) electrons. The Morgan fingerprint density at radius 3 is 2.59 bits per heavy atom. The molecule has 2 rings (SSSR count). The second-order valence-corrected chi connectivity index (χ2v) is 6.26. The molecule has 0 aromatic heterocycles. The van der Waals surface area contributed by atoms with Gasteiger partial charge in [0.25, 0.3) is 0 Å². The maximum Gasteiger partial charge on any atom is 0.0249 e. The zero-order valence-electron chi connectivity index (χ0n) is 11.7. The number of hydrogen-bond acceptors (Lipinski definition) is 2. The quantitative estimate of drug-likeness (QED) is 0.816. The lowest BCUT2D eigenvalue weighted by Gasteiger charge is -2.39. The van der Waals surface area contributed by atoms with Gasteiger partial charge in [-0.25, -0.2) is 0 Å². The number of rotatable bonds is 4. The van der Waals surface area contributed by atoms with Crippen LogP contribution in [0, 0.1) is 11.8 Å². The number of likely N-dealkylation sites (tertiary alicyclic amines) is 1. The monoisotopic (exact) mass is 238 g/mol. The van der Waals surface area contributed by atoms with E-state index < -0.39 is 0 Å². The fourth-order valence-corrected chi connectivity index (χ4v) is 3.84. The lowest BCUT2D eigenvalue weighted by atomic mass is 9.80. The van der Waals surface area contributed by atoms with E-state index in [1.807, 2.05) is 0 Å². The van der Waals surface area contributed by atoms with Crippen LogP contribution in [0.3, 0.4) is 0 Å². The summed E-state index contributed by atoms with van der Waals surface area (Å²) in [6.07, 6.45) is 9.48. The van der Waals surface area contributed by atoms with Crippen molar-refractivity contribution in [1.82, 2.24) is 4.90 Å². The first-order chi connectivity index (χ1) is 8.24. The van der Waals surface area contributed by atoms with Crippen LogP contribution >= 0.6 is 0 Å². The van der Waals surface area contributed by atoms with E-state index in [2.05, 4.69) is 18.7 Å². The predicted octanol–water partition coefficient (Wildman–Crippen LogP) is 3.01. The zero-order chi connectivity index (χ0) is 12.3. The first-order valence-electron chi connectivity index (χ1n) is 7.74. The van der Waals surface area contributed by atoms with Crippen LogP contribution in [-0.2, 0) is 0 Å². The molecule has 0 aromatic carbocycles. The van der Waals surface area contributed by atoms with Gasteiger partial charge >= 0.3 is 0 Å². The second-order valence-electron chi connectivity index (χ2n) is 6.26. The lowest BCUT2D eigenvalue weighted by Crippen LogP contribution is -2.50. The van der Waals surface area contributed by atoms with Gasteiger partial charge in [0, 0.05) is 18.6 Å². The molecule has 2 N–H and O–H groups in total. The Bertz CT molecular complexity index is 229. The molecule has 2 heteroatoms. The molecule has 1 saturated carbocycles. The van der Waals surface area contributed by atoms with Gasteiger partial charge in [0.05, 0.1) is 0 Å². The van der Waals surface area contributed by atoms with Crippen LogP contribution in [0.2, 0.25) is 0 Å². The summed E-state index contributed by atoms with van der Waals surface area (Å²) >= 11 is 0. The maximum absolute atomic E-state index is 6.36. The van der Waals surface area contributed by atoms with E-state index in [1.54, 1.807) is 0 Å². The standard InChI is InChI=1S/C15H30N2/c1-3-5-13-6-7-14(16)15(10-13)17-9-8-12(4-2)11-17/h12-15H,3-11,16H2,1-2H3. The summed E-state index contributed by atoms with van der Waals surface area (Å²) in [5.41, 5.74) is 6.36. The van der Waals surface area contributed by atoms with Crippen LogP contribution in [0.5, 0.6) is 0 Å². The molecular formula is C15H30N2. The van der Waals surface area contributed by atoms with Crippen molar-refractivity contribution in [3.8, 4) is 0 Å². The van der Waals surface area contributed by atoms with Crippen molar-refractivity contribution >= 4 is 0 Å². The minimum Gasteiger partial charge on any atom is -0.326 e. The Balaban J connectivity index is 1.89. The summed E-state index contributed by atoms with van der Waals surface area (Å²) in [7, 11) is 0. The van der Waals surface area contributed by atoms with Crippen molar-refractivity contribution in [2.24, 2.45) is 17.6 Å². The first-order valence-corrected chi connectivity index (χ1v) is 7.74. The highest BCUT2D eigenvalue weighted by molar-refractivity contribution is 4.92. The number of nitrogens with two attached hydrogens (primary N) is 1. The molecular weight excluding hydrogens is 208 g/mol. The van der Waals surface area contributed by atoms with Gasteiger partial charge in [0.15, 0.2) is 0 Å². The molecule has 4 atom stereocenters. The average Bonchev–Trinajstić information content (AvgIpc) is 2.80. The third-order valence-electron chi connectivity index (χ3n) is 5.04. The molecule has 17 heavy (non-hydrogen) atoms. The van der Waals surface area contributed by atoms with E-state index in [0.29, 0.717) is 12.1 Å². The van der Waals surface area contributed by atoms with E-state index >= 15 is 0 Å². The van der Waals surface area contributed by atoms with E-state index in [0.717, 1.165) is 11.8 Å². The highest BCUT2D eigenvalue weighted by Crippen LogP contribution is 2.33. The van der Waals surface area contributed by atoms with E-state index in [4.69, 9.17) is 5.73 Å². The molecule has 1 saturated heterocycles. The molecule has 0 aromatic rings. The molecule has 2 nitrogen and oxygen atoms in total. The van der Waals surface area contributed by atoms with Gasteiger partial charge in [0.1, 0.15) is 0 Å². The fourth-order valence-electron chi connectivity index (χ4n) is 3.84. The van der Waals surface area contributed by atoms with E-state index in [-0.39, 0.29) is 0 Å². The predicted molar refractivity (Wildman–Crippen MR) is 74.0 cm³/mol. The second kappa shape index (κ2) is 6.19. The van der Waals surface area contributed by atoms with Gasteiger partial charge in [-0.05, 0) is 44.1 Å². The Morgan fingerprint density at radius 1 is 1.12 bits per heavy atom. The van der Waals surface area contributed by atoms with Crippen LogP contribution in [0.4, 0.5) is 0 Å². The lowest BCUT2D eigenvalue weighted by molar-refractivity contribution is 0.127. The zero-order valence-corrected chi connectivity index (χ0v) is 11.7. The Labute approximate surface area is 107 Å². The van der Waals surface area contributed by atoms with Crippen molar-refractivity contribution in [2.75, 3.05) is 13.1 Å². The van der Waals surface area contributed by atoms with Crippen molar-refractivity contribution in [2.45, 2.75) is 70.9 Å². The highest BCUT2D eigenvalue weighted by atomic mass is 15.2. The minimum absolute atomic E-state index is 0.443. The van der Waals surface area contributed by atoms with Gasteiger partial charge in [-0.3, -0.25) is 4.90 Å². The molecule has 0 amide bonds. The summed E-state index contributed by atoms with van der Waals surface area (Å²) in [6, 6.07) is 1.13. The van der Waals surface area contributed by atoms with Crippen molar-refractivity contribution < 1.29 is 0 Å². The highest BCUT2D eigenvalue weighted by Gasteiger charge is 2.35. The van der Waals surface area contributed by atoms with Crippen LogP contribution in [-0.4, -0.2) is 30.1 Å². The largest absolute Gasteiger partial charge is 0.326 e. The van der Waals surface area contributed by atoms with Gasteiger partial charge in [-0.1, -0.05) is 33.1 Å². The number of hydrogen-bond donors (Lipinski definition) is 1. The third-order valence-corrected chi connectivity index (χ3v) is 5.04. The summed E-state index contributed by atoms with van der Waals surface area (Å²) in [6.45, 7) is 7.25. The molecule has 1 aliphatic heterocycles. The van der Waals surface area contributed by atoms with E-state index in [9.17, 15) is 0 Å². The smallest absolute Gasteiger partial charge is 0.0249 e. The Kier molecular flexibility index (Phi) is 4.87. The summed E-state index contributed by atoms with van der Waals surface area (Å²) in [4.78, 5) is 2.71. The van der Waals surface area contributed by atoms with Gasteiger partial charge in [-0.15, -0.1) is 0 Å². The maximum atomic E-state index is 6.36. The van der Waals surface area contributed by atoms with Crippen LogP contribution < -0.4 is 5.73 Å². The fraction of sp³-hybridized carbons (Fsp3) is 1.00. The molecule has 1 heterocycles. The first kappa shape index (κ1) is 13.4. The van der Waals surface area contributed by atoms with Gasteiger partial charge in [-0.2, -0.15) is 0 Å². The Hall–Kier alpha value is -0.0800. The molecule has 2 aliphatic rings. The Morgan fingerprint density at radius 2 is 1.94 bits per heavy atom. The topological polar surface area (TPSA) is 29.3 Å². The van der Waals surface area contributed by atoms with E-state index in [1.165, 1.54) is 58.0 Å². The molecule has 0 spiro atoms. The van der Waals surface area contributed by atoms with Crippen LogP contribution in [0.25, 0.3) is 0 Å². The van der Waals surface area contributed by atoms with Crippen LogP contribution in [0.15, 0.2) is 0 Å². The SMILES string of the molecule is CCCC1CCC(N)C(N2CCC(CC)C2)C1. The third kappa shape index (κ3) is 3.23. The van der Waals surface area contributed by atoms with Crippen LogP contribution in [0.1, 0.15) is 58.8 Å². The molecule has 2 fully saturated rings. The minimum atomic E-state index is 0.443. The summed E-state index contributed by atoms with van der Waals surface area (Å²) < 4.78 is 0.